The highest BCUT2D eigenvalue weighted by Crippen LogP contribution is 2.14. The Hall–Kier alpha value is -0.640. The second kappa shape index (κ2) is 6.05. The highest BCUT2D eigenvalue weighted by Gasteiger charge is 2.10. The Kier molecular flexibility index (Phi) is 5.02. The summed E-state index contributed by atoms with van der Waals surface area (Å²) < 4.78 is 12.7. The van der Waals surface area contributed by atoms with Crippen molar-refractivity contribution in [1.82, 2.24) is 4.98 Å². The molecule has 0 aliphatic rings. The monoisotopic (exact) mass is 274 g/mol. The van der Waals surface area contributed by atoms with Crippen molar-refractivity contribution in [3.63, 3.8) is 0 Å². The van der Waals surface area contributed by atoms with Crippen LogP contribution in [0, 0.1) is 5.82 Å². The lowest BCUT2D eigenvalue weighted by molar-refractivity contribution is 0.615. The predicted molar refractivity (Wildman–Crippen MR) is 65.1 cm³/mol. The van der Waals surface area contributed by atoms with Gasteiger partial charge in [0, 0.05) is 17.9 Å². The number of hydrogen-bond acceptors (Lipinski definition) is 2. The average Bonchev–Trinajstić information content (AvgIpc) is 2.21. The number of alkyl halides is 1. The number of anilines is 1. The Balaban J connectivity index is 2.74. The molecule has 1 rings (SSSR count). The maximum Gasteiger partial charge on any atom is 0.141 e. The zero-order valence-electron chi connectivity index (χ0n) is 9.08. The first-order chi connectivity index (χ1) is 7.15. The predicted octanol–water partition coefficient (Wildman–Crippen LogP) is 3.22. The van der Waals surface area contributed by atoms with Gasteiger partial charge in [-0.15, -0.1) is 0 Å². The molecule has 84 valence electrons. The van der Waals surface area contributed by atoms with E-state index in [-0.39, 0.29) is 5.82 Å². The molecule has 1 heterocycles. The van der Waals surface area contributed by atoms with Crippen LogP contribution in [0.5, 0.6) is 0 Å². The Bertz CT molecular complexity index is 287. The Labute approximate surface area is 98.6 Å². The molecular weight excluding hydrogens is 259 g/mol. The van der Waals surface area contributed by atoms with Crippen LogP contribution in [0.3, 0.4) is 0 Å². The third-order valence-corrected chi connectivity index (χ3v) is 2.72. The highest BCUT2D eigenvalue weighted by molar-refractivity contribution is 9.09. The number of nitrogens with zero attached hydrogens (tertiary/aromatic N) is 2. The minimum atomic E-state index is -0.289. The summed E-state index contributed by atoms with van der Waals surface area (Å²) in [6.07, 6.45) is 2.32. The average molecular weight is 275 g/mol. The number of pyridine rings is 1. The minimum absolute atomic E-state index is 0.289. The largest absolute Gasteiger partial charge is 0.354 e. The molecular formula is C11H16BrFN2. The van der Waals surface area contributed by atoms with Gasteiger partial charge in [-0.1, -0.05) is 15.9 Å². The Morgan fingerprint density at radius 2 is 2.20 bits per heavy atom. The molecule has 0 radical (unpaired) electrons. The van der Waals surface area contributed by atoms with Crippen molar-refractivity contribution in [1.29, 1.82) is 0 Å². The molecule has 15 heavy (non-hydrogen) atoms. The van der Waals surface area contributed by atoms with Gasteiger partial charge in [0.05, 0.1) is 6.20 Å². The first-order valence-corrected chi connectivity index (χ1v) is 6.21. The van der Waals surface area contributed by atoms with Crippen molar-refractivity contribution < 1.29 is 4.39 Å². The number of rotatable bonds is 5. The zero-order chi connectivity index (χ0) is 11.3. The molecule has 0 aromatic carbocycles. The van der Waals surface area contributed by atoms with Crippen LogP contribution in [-0.2, 0) is 0 Å². The van der Waals surface area contributed by atoms with Crippen molar-refractivity contribution in [2.75, 3.05) is 16.8 Å². The molecule has 4 heteroatoms. The summed E-state index contributed by atoms with van der Waals surface area (Å²) in [5, 5.41) is 0.970. The summed E-state index contributed by atoms with van der Waals surface area (Å²) in [5.41, 5.74) is 0. The van der Waals surface area contributed by atoms with Crippen LogP contribution in [-0.4, -0.2) is 22.9 Å². The SMILES string of the molecule is CC(C)N(CCCBr)c1ccc(F)cn1. The molecule has 0 saturated heterocycles. The van der Waals surface area contributed by atoms with E-state index >= 15 is 0 Å². The number of aromatic nitrogens is 1. The van der Waals surface area contributed by atoms with Gasteiger partial charge in [-0.05, 0) is 32.4 Å². The Morgan fingerprint density at radius 1 is 1.47 bits per heavy atom. The lowest BCUT2D eigenvalue weighted by atomic mass is 10.3. The normalized spacial score (nSPS) is 10.7. The molecule has 0 atom stereocenters. The van der Waals surface area contributed by atoms with Gasteiger partial charge in [-0.25, -0.2) is 9.37 Å². The van der Waals surface area contributed by atoms with E-state index in [0.29, 0.717) is 6.04 Å². The van der Waals surface area contributed by atoms with E-state index in [1.807, 2.05) is 0 Å². The summed E-state index contributed by atoms with van der Waals surface area (Å²) in [5.74, 6) is 0.551. The summed E-state index contributed by atoms with van der Waals surface area (Å²) in [7, 11) is 0. The van der Waals surface area contributed by atoms with E-state index in [1.165, 1.54) is 12.3 Å². The van der Waals surface area contributed by atoms with Crippen molar-refractivity contribution in [3.05, 3.63) is 24.1 Å². The van der Waals surface area contributed by atoms with Gasteiger partial charge in [-0.3, -0.25) is 0 Å². The van der Waals surface area contributed by atoms with Crippen LogP contribution in [0.25, 0.3) is 0 Å². The Morgan fingerprint density at radius 3 is 2.67 bits per heavy atom. The van der Waals surface area contributed by atoms with Crippen molar-refractivity contribution in [2.45, 2.75) is 26.3 Å². The second-order valence-corrected chi connectivity index (χ2v) is 4.46. The zero-order valence-corrected chi connectivity index (χ0v) is 10.7. The summed E-state index contributed by atoms with van der Waals surface area (Å²) in [4.78, 5) is 6.26. The number of halogens is 2. The topological polar surface area (TPSA) is 16.1 Å². The second-order valence-electron chi connectivity index (χ2n) is 3.66. The smallest absolute Gasteiger partial charge is 0.141 e. The third kappa shape index (κ3) is 3.78. The van der Waals surface area contributed by atoms with Crippen LogP contribution < -0.4 is 4.90 Å². The van der Waals surface area contributed by atoms with Crippen LogP contribution in [0.4, 0.5) is 10.2 Å². The molecule has 0 bridgehead atoms. The fourth-order valence-corrected chi connectivity index (χ4v) is 1.66. The van der Waals surface area contributed by atoms with E-state index < -0.39 is 0 Å². The first-order valence-electron chi connectivity index (χ1n) is 5.09. The number of hydrogen-bond donors (Lipinski definition) is 0. The van der Waals surface area contributed by atoms with E-state index in [0.717, 1.165) is 24.1 Å². The van der Waals surface area contributed by atoms with Gasteiger partial charge in [0.1, 0.15) is 11.6 Å². The minimum Gasteiger partial charge on any atom is -0.354 e. The summed E-state index contributed by atoms with van der Waals surface area (Å²) in [6, 6.07) is 3.55. The van der Waals surface area contributed by atoms with E-state index in [9.17, 15) is 4.39 Å². The lowest BCUT2D eigenvalue weighted by Crippen LogP contribution is -2.32. The van der Waals surface area contributed by atoms with Crippen molar-refractivity contribution in [3.8, 4) is 0 Å². The van der Waals surface area contributed by atoms with Crippen molar-refractivity contribution >= 4 is 21.7 Å². The molecule has 0 amide bonds. The quantitative estimate of drug-likeness (QED) is 0.767. The van der Waals surface area contributed by atoms with Gasteiger partial charge in [-0.2, -0.15) is 0 Å². The van der Waals surface area contributed by atoms with Gasteiger partial charge >= 0.3 is 0 Å². The molecule has 0 aliphatic carbocycles. The molecule has 0 fully saturated rings. The van der Waals surface area contributed by atoms with Gasteiger partial charge in [0.25, 0.3) is 0 Å². The molecule has 1 aromatic rings. The van der Waals surface area contributed by atoms with Gasteiger partial charge in [0.2, 0.25) is 0 Å². The van der Waals surface area contributed by atoms with E-state index in [4.69, 9.17) is 0 Å². The summed E-state index contributed by atoms with van der Waals surface area (Å²) >= 11 is 3.40. The fraction of sp³-hybridized carbons (Fsp3) is 0.545. The van der Waals surface area contributed by atoms with Crippen LogP contribution in [0.2, 0.25) is 0 Å². The maximum atomic E-state index is 12.7. The van der Waals surface area contributed by atoms with Gasteiger partial charge in [0.15, 0.2) is 0 Å². The molecule has 0 unspecified atom stereocenters. The van der Waals surface area contributed by atoms with Crippen LogP contribution in [0.15, 0.2) is 18.3 Å². The van der Waals surface area contributed by atoms with E-state index in [2.05, 4.69) is 39.7 Å². The standard InChI is InChI=1S/C11H16BrFN2/c1-9(2)15(7-3-6-12)11-5-4-10(13)8-14-11/h4-5,8-9H,3,6-7H2,1-2H3. The van der Waals surface area contributed by atoms with Crippen molar-refractivity contribution in [2.24, 2.45) is 0 Å². The van der Waals surface area contributed by atoms with Crippen LogP contribution in [0.1, 0.15) is 20.3 Å². The summed E-state index contributed by atoms with van der Waals surface area (Å²) in [6.45, 7) is 5.15. The van der Waals surface area contributed by atoms with Crippen LogP contribution >= 0.6 is 15.9 Å². The van der Waals surface area contributed by atoms with E-state index in [1.54, 1.807) is 6.07 Å². The third-order valence-electron chi connectivity index (χ3n) is 2.16. The molecule has 0 saturated carbocycles. The maximum absolute atomic E-state index is 12.7. The first kappa shape index (κ1) is 12.4. The molecule has 0 aliphatic heterocycles. The highest BCUT2D eigenvalue weighted by atomic mass is 79.9. The molecule has 0 N–H and O–H groups in total. The molecule has 1 aromatic heterocycles. The molecule has 0 spiro atoms. The fourth-order valence-electron chi connectivity index (χ4n) is 1.41. The lowest BCUT2D eigenvalue weighted by Gasteiger charge is -2.27. The van der Waals surface area contributed by atoms with Gasteiger partial charge < -0.3 is 4.90 Å². The molecule has 2 nitrogen and oxygen atoms in total.